The lowest BCUT2D eigenvalue weighted by Gasteiger charge is -1.99. The van der Waals surface area contributed by atoms with Gasteiger partial charge < -0.3 is 11.9 Å². The molecule has 11 heavy (non-hydrogen) atoms. The van der Waals surface area contributed by atoms with Gasteiger partial charge in [-0.1, -0.05) is 0 Å². The fourth-order valence-electron chi connectivity index (χ4n) is 0.292. The normalized spacial score (nSPS) is 10.7. The van der Waals surface area contributed by atoms with E-state index in [0.29, 0.717) is 13.0 Å². The van der Waals surface area contributed by atoms with Crippen LogP contribution in [0.3, 0.4) is 0 Å². The molecule has 0 saturated heterocycles. The molecule has 70 valence electrons. The Balaban J connectivity index is 0. The Labute approximate surface area is 66.6 Å². The van der Waals surface area contributed by atoms with E-state index in [1.165, 1.54) is 0 Å². The molecular weight excluding hydrogens is 172 g/mol. The van der Waals surface area contributed by atoms with Crippen LogP contribution in [0.2, 0.25) is 0 Å². The Morgan fingerprint density at radius 1 is 1.45 bits per heavy atom. The SMILES string of the molecule is COS(=O)(=O)OCCCN.N. The van der Waals surface area contributed by atoms with E-state index < -0.39 is 10.4 Å². The maximum Gasteiger partial charge on any atom is 0.399 e. The molecule has 0 fully saturated rings. The molecule has 0 aromatic rings. The molecule has 0 atom stereocenters. The first-order chi connectivity index (χ1) is 4.62. The van der Waals surface area contributed by atoms with Gasteiger partial charge in [-0.05, 0) is 13.0 Å². The molecule has 6 nitrogen and oxygen atoms in total. The van der Waals surface area contributed by atoms with E-state index in [1.54, 1.807) is 0 Å². The zero-order chi connectivity index (χ0) is 8.04. The second-order valence-electron chi connectivity index (χ2n) is 1.54. The minimum Gasteiger partial charge on any atom is -0.344 e. The van der Waals surface area contributed by atoms with Gasteiger partial charge in [-0.25, -0.2) is 4.18 Å². The molecule has 0 aliphatic heterocycles. The molecular formula is C4H14N2O4S. The predicted octanol–water partition coefficient (Wildman–Crippen LogP) is -0.595. The highest BCUT2D eigenvalue weighted by atomic mass is 32.3. The summed E-state index contributed by atoms with van der Waals surface area (Å²) in [4.78, 5) is 0. The van der Waals surface area contributed by atoms with E-state index >= 15 is 0 Å². The minimum atomic E-state index is -3.75. The van der Waals surface area contributed by atoms with Crippen molar-refractivity contribution >= 4 is 10.4 Å². The van der Waals surface area contributed by atoms with Crippen LogP contribution in [0.1, 0.15) is 6.42 Å². The lowest BCUT2D eigenvalue weighted by atomic mass is 10.5. The topological polar surface area (TPSA) is 114 Å². The van der Waals surface area contributed by atoms with E-state index in [9.17, 15) is 8.42 Å². The van der Waals surface area contributed by atoms with Crippen molar-refractivity contribution in [2.75, 3.05) is 20.3 Å². The first kappa shape index (κ1) is 13.4. The molecule has 0 unspecified atom stereocenters. The first-order valence-corrected chi connectivity index (χ1v) is 4.11. The van der Waals surface area contributed by atoms with Crippen LogP contribution in [0, 0.1) is 0 Å². The van der Waals surface area contributed by atoms with Gasteiger partial charge in [0.2, 0.25) is 0 Å². The van der Waals surface area contributed by atoms with Crippen molar-refractivity contribution in [2.45, 2.75) is 6.42 Å². The van der Waals surface area contributed by atoms with Gasteiger partial charge >= 0.3 is 10.4 Å². The summed E-state index contributed by atoms with van der Waals surface area (Å²) in [6.45, 7) is 0.478. The van der Waals surface area contributed by atoms with Gasteiger partial charge in [0.25, 0.3) is 0 Å². The second kappa shape index (κ2) is 6.50. The van der Waals surface area contributed by atoms with Crippen LogP contribution < -0.4 is 11.9 Å². The van der Waals surface area contributed by atoms with Crippen molar-refractivity contribution in [3.05, 3.63) is 0 Å². The van der Waals surface area contributed by atoms with Gasteiger partial charge in [-0.2, -0.15) is 8.42 Å². The molecule has 0 aliphatic carbocycles. The highest BCUT2D eigenvalue weighted by molar-refractivity contribution is 7.81. The number of rotatable bonds is 5. The third-order valence-electron chi connectivity index (χ3n) is 0.780. The first-order valence-electron chi connectivity index (χ1n) is 2.77. The number of hydrogen-bond acceptors (Lipinski definition) is 6. The molecule has 0 saturated carbocycles. The highest BCUT2D eigenvalue weighted by Gasteiger charge is 2.06. The Bertz CT molecular complexity index is 167. The monoisotopic (exact) mass is 186 g/mol. The average molecular weight is 186 g/mol. The maximum absolute atomic E-state index is 10.4. The zero-order valence-electron chi connectivity index (χ0n) is 6.45. The Morgan fingerprint density at radius 2 is 2.00 bits per heavy atom. The van der Waals surface area contributed by atoms with Crippen LogP contribution in [-0.2, 0) is 18.8 Å². The second-order valence-corrected chi connectivity index (χ2v) is 2.92. The van der Waals surface area contributed by atoms with Crippen LogP contribution >= 0.6 is 0 Å². The van der Waals surface area contributed by atoms with Crippen LogP contribution in [-0.4, -0.2) is 28.7 Å². The standard InChI is InChI=1S/C4H11NO4S.H3N/c1-8-10(6,7)9-4-2-3-5;/h2-5H2,1H3;1H3. The third-order valence-corrected chi connectivity index (χ3v) is 1.64. The van der Waals surface area contributed by atoms with Gasteiger partial charge in [-0.3, -0.25) is 4.18 Å². The third kappa shape index (κ3) is 7.69. The quantitative estimate of drug-likeness (QED) is 0.554. The predicted molar refractivity (Wildman–Crippen MR) is 40.6 cm³/mol. The summed E-state index contributed by atoms with van der Waals surface area (Å²) in [7, 11) is -2.71. The average Bonchev–Trinajstić information content (AvgIpc) is 1.89. The summed E-state index contributed by atoms with van der Waals surface area (Å²) in [6.07, 6.45) is 0.503. The van der Waals surface area contributed by atoms with Crippen molar-refractivity contribution < 1.29 is 16.8 Å². The smallest absolute Gasteiger partial charge is 0.344 e. The molecule has 0 amide bonds. The van der Waals surface area contributed by atoms with Gasteiger partial charge in [-0.15, -0.1) is 0 Å². The summed E-state index contributed by atoms with van der Waals surface area (Å²) in [5.74, 6) is 0. The fraction of sp³-hybridized carbons (Fsp3) is 1.00. The lowest BCUT2D eigenvalue weighted by Crippen LogP contribution is -2.11. The maximum atomic E-state index is 10.4. The Hall–Kier alpha value is -0.210. The van der Waals surface area contributed by atoms with Crippen LogP contribution in [0.5, 0.6) is 0 Å². The lowest BCUT2D eigenvalue weighted by molar-refractivity contribution is 0.242. The zero-order valence-corrected chi connectivity index (χ0v) is 7.26. The molecule has 0 aromatic carbocycles. The summed E-state index contributed by atoms with van der Waals surface area (Å²) >= 11 is 0. The van der Waals surface area contributed by atoms with E-state index in [-0.39, 0.29) is 12.8 Å². The van der Waals surface area contributed by atoms with Gasteiger partial charge in [0.1, 0.15) is 0 Å². The van der Waals surface area contributed by atoms with Crippen molar-refractivity contribution in [1.82, 2.24) is 6.15 Å². The summed E-state index contributed by atoms with van der Waals surface area (Å²) in [6, 6.07) is 0. The summed E-state index contributed by atoms with van der Waals surface area (Å²) in [5.41, 5.74) is 5.08. The molecule has 0 aromatic heterocycles. The molecule has 0 rings (SSSR count). The summed E-state index contributed by atoms with van der Waals surface area (Å²) in [5, 5.41) is 0. The molecule has 7 heteroatoms. The van der Waals surface area contributed by atoms with Crippen LogP contribution in [0.25, 0.3) is 0 Å². The van der Waals surface area contributed by atoms with E-state index in [1.807, 2.05) is 0 Å². The molecule has 0 radical (unpaired) electrons. The Kier molecular flexibility index (Phi) is 7.91. The van der Waals surface area contributed by atoms with Crippen LogP contribution in [0.4, 0.5) is 0 Å². The van der Waals surface area contributed by atoms with Crippen molar-refractivity contribution in [1.29, 1.82) is 0 Å². The molecule has 0 spiro atoms. The van der Waals surface area contributed by atoms with E-state index in [2.05, 4.69) is 8.37 Å². The summed E-state index contributed by atoms with van der Waals surface area (Å²) < 4.78 is 29.1. The van der Waals surface area contributed by atoms with Gasteiger partial charge in [0.15, 0.2) is 0 Å². The van der Waals surface area contributed by atoms with Crippen LogP contribution in [0.15, 0.2) is 0 Å². The van der Waals surface area contributed by atoms with E-state index in [4.69, 9.17) is 5.73 Å². The number of hydrogen-bond donors (Lipinski definition) is 2. The largest absolute Gasteiger partial charge is 0.399 e. The highest BCUT2D eigenvalue weighted by Crippen LogP contribution is 1.92. The van der Waals surface area contributed by atoms with E-state index in [0.717, 1.165) is 7.11 Å². The molecule has 5 N–H and O–H groups in total. The van der Waals surface area contributed by atoms with Gasteiger partial charge in [0, 0.05) is 0 Å². The molecule has 0 heterocycles. The molecule has 0 bridgehead atoms. The fourth-order valence-corrected chi connectivity index (χ4v) is 0.711. The number of nitrogens with two attached hydrogens (primary N) is 1. The van der Waals surface area contributed by atoms with Crippen molar-refractivity contribution in [3.63, 3.8) is 0 Å². The molecule has 0 aliphatic rings. The Morgan fingerprint density at radius 3 is 2.36 bits per heavy atom. The minimum absolute atomic E-state index is 0. The van der Waals surface area contributed by atoms with Gasteiger partial charge in [0.05, 0.1) is 13.7 Å². The van der Waals surface area contributed by atoms with Crippen molar-refractivity contribution in [3.8, 4) is 0 Å². The van der Waals surface area contributed by atoms with Crippen molar-refractivity contribution in [2.24, 2.45) is 5.73 Å².